The van der Waals surface area contributed by atoms with Crippen molar-refractivity contribution in [3.05, 3.63) is 0 Å². The first-order valence-electron chi connectivity index (χ1n) is 7.37. The lowest BCUT2D eigenvalue weighted by Crippen LogP contribution is -2.41. The zero-order valence-corrected chi connectivity index (χ0v) is 12.4. The summed E-state index contributed by atoms with van der Waals surface area (Å²) in [6.45, 7) is 14.2. The quantitative estimate of drug-likeness (QED) is 0.742. The van der Waals surface area contributed by atoms with E-state index < -0.39 is 0 Å². The molecule has 4 heteroatoms. The van der Waals surface area contributed by atoms with E-state index in [-0.39, 0.29) is 5.92 Å². The molecule has 1 saturated heterocycles. The van der Waals surface area contributed by atoms with Crippen molar-refractivity contribution < 1.29 is 4.79 Å². The van der Waals surface area contributed by atoms with Crippen LogP contribution >= 0.6 is 0 Å². The molecule has 2 atom stereocenters. The SMILES string of the molecule is CCNCC(C)C(=O)N1CCC(N(CC)CC)C1. The van der Waals surface area contributed by atoms with Crippen LogP contribution in [0.5, 0.6) is 0 Å². The molecule has 0 aromatic carbocycles. The molecular formula is C14H29N3O. The Hall–Kier alpha value is -0.610. The molecule has 1 rings (SSSR count). The third-order valence-corrected chi connectivity index (χ3v) is 3.93. The van der Waals surface area contributed by atoms with E-state index in [0.717, 1.165) is 45.7 Å². The third-order valence-electron chi connectivity index (χ3n) is 3.93. The molecule has 0 aromatic rings. The van der Waals surface area contributed by atoms with Crippen molar-refractivity contribution in [1.82, 2.24) is 15.1 Å². The second-order valence-electron chi connectivity index (χ2n) is 5.16. The van der Waals surface area contributed by atoms with E-state index in [1.807, 2.05) is 11.8 Å². The van der Waals surface area contributed by atoms with Crippen molar-refractivity contribution >= 4 is 5.91 Å². The molecule has 0 aliphatic carbocycles. The molecule has 4 nitrogen and oxygen atoms in total. The van der Waals surface area contributed by atoms with Crippen LogP contribution in [0.4, 0.5) is 0 Å². The first-order valence-corrected chi connectivity index (χ1v) is 7.37. The Labute approximate surface area is 112 Å². The number of nitrogens with one attached hydrogen (secondary N) is 1. The van der Waals surface area contributed by atoms with Crippen molar-refractivity contribution in [3.8, 4) is 0 Å². The highest BCUT2D eigenvalue weighted by Gasteiger charge is 2.30. The van der Waals surface area contributed by atoms with Crippen LogP contribution in [0.1, 0.15) is 34.1 Å². The predicted octanol–water partition coefficient (Wildman–Crippen LogP) is 1.17. The molecule has 2 unspecified atom stereocenters. The summed E-state index contributed by atoms with van der Waals surface area (Å²) < 4.78 is 0. The van der Waals surface area contributed by atoms with Crippen LogP contribution in [-0.4, -0.2) is 61.0 Å². The van der Waals surface area contributed by atoms with Crippen molar-refractivity contribution in [3.63, 3.8) is 0 Å². The highest BCUT2D eigenvalue weighted by atomic mass is 16.2. The van der Waals surface area contributed by atoms with Crippen LogP contribution in [0, 0.1) is 5.92 Å². The van der Waals surface area contributed by atoms with Crippen LogP contribution in [0.2, 0.25) is 0 Å². The highest BCUT2D eigenvalue weighted by Crippen LogP contribution is 2.17. The normalized spacial score (nSPS) is 21.6. The average molecular weight is 255 g/mol. The van der Waals surface area contributed by atoms with Crippen LogP contribution in [0.15, 0.2) is 0 Å². The fourth-order valence-electron chi connectivity index (χ4n) is 2.74. The van der Waals surface area contributed by atoms with E-state index in [1.165, 1.54) is 0 Å². The number of nitrogens with zero attached hydrogens (tertiary/aromatic N) is 2. The zero-order valence-electron chi connectivity index (χ0n) is 12.4. The molecule has 0 aromatic heterocycles. The van der Waals surface area contributed by atoms with Crippen molar-refractivity contribution in [2.75, 3.05) is 39.3 Å². The van der Waals surface area contributed by atoms with Gasteiger partial charge in [0, 0.05) is 31.6 Å². The Bertz CT molecular complexity index is 253. The van der Waals surface area contributed by atoms with Gasteiger partial charge in [0.05, 0.1) is 0 Å². The standard InChI is InChI=1S/C14H29N3O/c1-5-15-10-12(4)14(18)17-9-8-13(11-17)16(6-2)7-3/h12-13,15H,5-11H2,1-4H3. The predicted molar refractivity (Wildman–Crippen MR) is 75.6 cm³/mol. The number of hydrogen-bond acceptors (Lipinski definition) is 3. The van der Waals surface area contributed by atoms with Gasteiger partial charge in [-0.15, -0.1) is 0 Å². The largest absolute Gasteiger partial charge is 0.341 e. The van der Waals surface area contributed by atoms with E-state index in [2.05, 4.69) is 31.0 Å². The summed E-state index contributed by atoms with van der Waals surface area (Å²) in [6, 6.07) is 0.565. The zero-order chi connectivity index (χ0) is 13.5. The van der Waals surface area contributed by atoms with Crippen LogP contribution < -0.4 is 5.32 Å². The van der Waals surface area contributed by atoms with Gasteiger partial charge in [-0.2, -0.15) is 0 Å². The minimum atomic E-state index is 0.0976. The van der Waals surface area contributed by atoms with Crippen LogP contribution in [-0.2, 0) is 4.79 Å². The first kappa shape index (κ1) is 15.4. The molecule has 1 fully saturated rings. The van der Waals surface area contributed by atoms with E-state index in [0.29, 0.717) is 11.9 Å². The number of hydrogen-bond donors (Lipinski definition) is 1. The summed E-state index contributed by atoms with van der Waals surface area (Å²) in [6.07, 6.45) is 1.13. The summed E-state index contributed by atoms with van der Waals surface area (Å²) in [4.78, 5) is 16.8. The summed E-state index contributed by atoms with van der Waals surface area (Å²) in [5, 5.41) is 3.25. The van der Waals surface area contributed by atoms with Gasteiger partial charge >= 0.3 is 0 Å². The van der Waals surface area contributed by atoms with E-state index in [9.17, 15) is 4.79 Å². The number of amides is 1. The molecule has 1 amide bonds. The maximum absolute atomic E-state index is 12.3. The molecule has 1 aliphatic heterocycles. The molecule has 1 aliphatic rings. The molecule has 106 valence electrons. The fourth-order valence-corrected chi connectivity index (χ4v) is 2.74. The first-order chi connectivity index (χ1) is 8.63. The summed E-state index contributed by atoms with van der Waals surface area (Å²) >= 11 is 0. The minimum absolute atomic E-state index is 0.0976. The van der Waals surface area contributed by atoms with Gasteiger partial charge in [-0.3, -0.25) is 9.69 Å². The number of carbonyl (C=O) groups excluding carboxylic acids is 1. The number of likely N-dealkylation sites (tertiary alicyclic amines) is 1. The summed E-state index contributed by atoms with van der Waals surface area (Å²) in [5.74, 6) is 0.408. The fraction of sp³-hybridized carbons (Fsp3) is 0.929. The van der Waals surface area contributed by atoms with Gasteiger partial charge in [0.15, 0.2) is 0 Å². The van der Waals surface area contributed by atoms with Crippen LogP contribution in [0.3, 0.4) is 0 Å². The lowest BCUT2D eigenvalue weighted by molar-refractivity contribution is -0.133. The maximum Gasteiger partial charge on any atom is 0.226 e. The monoisotopic (exact) mass is 255 g/mol. The van der Waals surface area contributed by atoms with Gasteiger partial charge in [0.2, 0.25) is 5.91 Å². The van der Waals surface area contributed by atoms with Gasteiger partial charge in [-0.25, -0.2) is 0 Å². The maximum atomic E-state index is 12.3. The molecule has 1 N–H and O–H groups in total. The number of likely N-dealkylation sites (N-methyl/N-ethyl adjacent to an activating group) is 1. The highest BCUT2D eigenvalue weighted by molar-refractivity contribution is 5.79. The third kappa shape index (κ3) is 3.95. The topological polar surface area (TPSA) is 35.6 Å². The Kier molecular flexibility index (Phi) is 6.65. The molecule has 0 radical (unpaired) electrons. The van der Waals surface area contributed by atoms with Gasteiger partial charge < -0.3 is 10.2 Å². The van der Waals surface area contributed by atoms with Gasteiger partial charge in [0.1, 0.15) is 0 Å². The van der Waals surface area contributed by atoms with Crippen LogP contribution in [0.25, 0.3) is 0 Å². The Morgan fingerprint density at radius 3 is 2.61 bits per heavy atom. The van der Waals surface area contributed by atoms with Gasteiger partial charge in [-0.1, -0.05) is 27.7 Å². The smallest absolute Gasteiger partial charge is 0.226 e. The van der Waals surface area contributed by atoms with Gasteiger partial charge in [-0.05, 0) is 26.1 Å². The molecule has 0 spiro atoms. The second-order valence-corrected chi connectivity index (χ2v) is 5.16. The second kappa shape index (κ2) is 7.74. The lowest BCUT2D eigenvalue weighted by atomic mass is 10.1. The molecule has 18 heavy (non-hydrogen) atoms. The summed E-state index contributed by atoms with van der Waals surface area (Å²) in [7, 11) is 0. The van der Waals surface area contributed by atoms with E-state index >= 15 is 0 Å². The van der Waals surface area contributed by atoms with Gasteiger partial charge in [0.25, 0.3) is 0 Å². The molecular weight excluding hydrogens is 226 g/mol. The van der Waals surface area contributed by atoms with Crippen molar-refractivity contribution in [2.24, 2.45) is 5.92 Å². The van der Waals surface area contributed by atoms with Crippen molar-refractivity contribution in [1.29, 1.82) is 0 Å². The molecule has 0 bridgehead atoms. The Morgan fingerprint density at radius 2 is 2.06 bits per heavy atom. The Morgan fingerprint density at radius 1 is 1.39 bits per heavy atom. The van der Waals surface area contributed by atoms with E-state index in [1.54, 1.807) is 0 Å². The molecule has 0 saturated carbocycles. The molecule has 1 heterocycles. The number of carbonyl (C=O) groups is 1. The number of rotatable bonds is 7. The summed E-state index contributed by atoms with van der Waals surface area (Å²) in [5.41, 5.74) is 0. The van der Waals surface area contributed by atoms with Crippen molar-refractivity contribution in [2.45, 2.75) is 40.2 Å². The lowest BCUT2D eigenvalue weighted by Gasteiger charge is -2.27. The van der Waals surface area contributed by atoms with E-state index in [4.69, 9.17) is 0 Å². The Balaban J connectivity index is 2.43. The average Bonchev–Trinajstić information content (AvgIpc) is 2.86. The minimum Gasteiger partial charge on any atom is -0.341 e.